The number of hydrogen-bond acceptors (Lipinski definition) is 6. The van der Waals surface area contributed by atoms with E-state index in [1.54, 1.807) is 39.0 Å². The van der Waals surface area contributed by atoms with Crippen molar-refractivity contribution in [3.05, 3.63) is 65.7 Å². The average Bonchev–Trinajstić information content (AvgIpc) is 2.91. The van der Waals surface area contributed by atoms with Crippen LogP contribution in [0.2, 0.25) is 0 Å². The van der Waals surface area contributed by atoms with Crippen LogP contribution >= 0.6 is 12.6 Å². The molecule has 0 aliphatic carbocycles. The number of amides is 3. The number of alkyl carbamates (subject to hydrolysis) is 1. The second kappa shape index (κ2) is 16.8. The number of nitrogens with zero attached hydrogens (tertiary/aromatic N) is 1. The van der Waals surface area contributed by atoms with Gasteiger partial charge in [-0.1, -0.05) is 87.6 Å². The Morgan fingerprint density at radius 1 is 0.950 bits per heavy atom. The van der Waals surface area contributed by atoms with E-state index in [-0.39, 0.29) is 24.6 Å². The Bertz CT molecular complexity index is 1070. The van der Waals surface area contributed by atoms with Crippen molar-refractivity contribution in [2.75, 3.05) is 12.3 Å². The first kappa shape index (κ1) is 33.0. The van der Waals surface area contributed by atoms with Crippen LogP contribution in [0.1, 0.15) is 83.4 Å². The third-order valence-electron chi connectivity index (χ3n) is 6.31. The summed E-state index contributed by atoms with van der Waals surface area (Å²) in [6.45, 7) is 7.89. The zero-order chi connectivity index (χ0) is 29.5. The monoisotopic (exact) mass is 571 g/mol. The molecule has 0 fully saturated rings. The molecule has 2 unspecified atom stereocenters. The number of carbonyl (C=O) groups excluding carboxylic acids is 3. The number of hydrogen-bond donors (Lipinski definition) is 4. The van der Waals surface area contributed by atoms with E-state index in [9.17, 15) is 19.5 Å². The Morgan fingerprint density at radius 3 is 2.20 bits per heavy atom. The quantitative estimate of drug-likeness (QED) is 0.161. The van der Waals surface area contributed by atoms with E-state index in [1.165, 1.54) is 11.0 Å². The maximum absolute atomic E-state index is 14.0. The van der Waals surface area contributed by atoms with Gasteiger partial charge in [-0.05, 0) is 38.8 Å². The highest BCUT2D eigenvalue weighted by molar-refractivity contribution is 7.80. The predicted molar refractivity (Wildman–Crippen MR) is 161 cm³/mol. The Balaban J connectivity index is 2.38. The highest BCUT2D eigenvalue weighted by atomic mass is 32.1. The van der Waals surface area contributed by atoms with Crippen molar-refractivity contribution < 1.29 is 24.2 Å². The molecule has 40 heavy (non-hydrogen) atoms. The van der Waals surface area contributed by atoms with Crippen LogP contribution in [0.15, 0.2) is 54.6 Å². The number of phenols is 1. The molecule has 220 valence electrons. The Labute approximate surface area is 244 Å². The molecule has 9 heteroatoms. The second-order valence-electron chi connectivity index (χ2n) is 10.8. The molecule has 0 bridgehead atoms. The first-order valence-corrected chi connectivity index (χ1v) is 14.7. The summed E-state index contributed by atoms with van der Waals surface area (Å²) >= 11 is 4.33. The molecule has 0 aromatic heterocycles. The van der Waals surface area contributed by atoms with Gasteiger partial charge in [0.2, 0.25) is 11.8 Å². The Kier molecular flexibility index (Phi) is 13.9. The maximum atomic E-state index is 14.0. The minimum absolute atomic E-state index is 0.00417. The third-order valence-corrected chi connectivity index (χ3v) is 6.67. The van der Waals surface area contributed by atoms with Gasteiger partial charge in [-0.25, -0.2) is 4.79 Å². The molecular formula is C31H45N3O5S. The first-order valence-electron chi connectivity index (χ1n) is 14.1. The van der Waals surface area contributed by atoms with Crippen LogP contribution in [-0.2, 0) is 20.9 Å². The lowest BCUT2D eigenvalue weighted by Crippen LogP contribution is -2.54. The fourth-order valence-corrected chi connectivity index (χ4v) is 4.56. The van der Waals surface area contributed by atoms with E-state index in [4.69, 9.17) is 4.74 Å². The fraction of sp³-hybridized carbons (Fsp3) is 0.516. The van der Waals surface area contributed by atoms with Crippen molar-refractivity contribution in [1.29, 1.82) is 0 Å². The highest BCUT2D eigenvalue weighted by Gasteiger charge is 2.36. The zero-order valence-electron chi connectivity index (χ0n) is 24.2. The van der Waals surface area contributed by atoms with E-state index < -0.39 is 35.6 Å². The molecule has 0 spiro atoms. The van der Waals surface area contributed by atoms with Gasteiger partial charge < -0.3 is 25.4 Å². The lowest BCUT2D eigenvalue weighted by atomic mass is 10.0. The van der Waals surface area contributed by atoms with Crippen molar-refractivity contribution in [2.24, 2.45) is 0 Å². The minimum atomic E-state index is -1.11. The lowest BCUT2D eigenvalue weighted by molar-refractivity contribution is -0.142. The lowest BCUT2D eigenvalue weighted by Gasteiger charge is -2.34. The fourth-order valence-electron chi connectivity index (χ4n) is 4.32. The molecule has 2 rings (SSSR count). The van der Waals surface area contributed by atoms with E-state index in [1.807, 2.05) is 30.3 Å². The number of benzene rings is 2. The van der Waals surface area contributed by atoms with Crippen molar-refractivity contribution in [3.63, 3.8) is 0 Å². The molecule has 0 aliphatic rings. The Morgan fingerprint density at radius 2 is 1.57 bits per heavy atom. The molecule has 8 nitrogen and oxygen atoms in total. The number of ether oxygens (including phenoxy) is 1. The maximum Gasteiger partial charge on any atom is 0.408 e. The molecule has 0 radical (unpaired) electrons. The van der Waals surface area contributed by atoms with Crippen LogP contribution in [0.25, 0.3) is 0 Å². The standard InChI is InChI=1S/C31H45N3O5S/c1-5-6-7-8-9-15-20-34(29(37)25(22-40)33-30(38)39-31(2,3)4)27(24-18-13-14-19-26(24)35)28(36)32-21-23-16-11-10-12-17-23/h10-14,16-19,25,27,35,40H,5-9,15,20-22H2,1-4H3,(H,32,36)(H,33,38). The van der Waals surface area contributed by atoms with Gasteiger partial charge >= 0.3 is 6.09 Å². The highest BCUT2D eigenvalue weighted by Crippen LogP contribution is 2.30. The van der Waals surface area contributed by atoms with E-state index in [0.29, 0.717) is 12.0 Å². The number of phenolic OH excluding ortho intramolecular Hbond substituents is 1. The average molecular weight is 572 g/mol. The predicted octanol–water partition coefficient (Wildman–Crippen LogP) is 5.76. The van der Waals surface area contributed by atoms with Gasteiger partial charge in [-0.15, -0.1) is 0 Å². The summed E-state index contributed by atoms with van der Waals surface area (Å²) in [5.74, 6) is -0.993. The van der Waals surface area contributed by atoms with Gasteiger partial charge in [0, 0.05) is 24.4 Å². The number of thiol groups is 1. The van der Waals surface area contributed by atoms with Gasteiger partial charge in [0.15, 0.2) is 0 Å². The van der Waals surface area contributed by atoms with Crippen LogP contribution in [0.5, 0.6) is 5.75 Å². The molecule has 2 aromatic rings. The summed E-state index contributed by atoms with van der Waals surface area (Å²) in [7, 11) is 0. The van der Waals surface area contributed by atoms with E-state index in [0.717, 1.165) is 37.7 Å². The number of rotatable bonds is 15. The van der Waals surface area contributed by atoms with Gasteiger partial charge in [0.1, 0.15) is 23.4 Å². The summed E-state index contributed by atoms with van der Waals surface area (Å²) in [4.78, 5) is 41.8. The van der Waals surface area contributed by atoms with Crippen molar-refractivity contribution in [1.82, 2.24) is 15.5 Å². The van der Waals surface area contributed by atoms with E-state index >= 15 is 0 Å². The smallest absolute Gasteiger partial charge is 0.408 e. The number of para-hydroxylation sites is 1. The van der Waals surface area contributed by atoms with Gasteiger partial charge in [0.05, 0.1) is 0 Å². The first-order chi connectivity index (χ1) is 19.1. The third kappa shape index (κ3) is 11.1. The van der Waals surface area contributed by atoms with Crippen LogP contribution in [-0.4, -0.2) is 51.9 Å². The van der Waals surface area contributed by atoms with E-state index in [2.05, 4.69) is 30.2 Å². The molecule has 2 atom stereocenters. The van der Waals surface area contributed by atoms with Crippen molar-refractivity contribution in [2.45, 2.75) is 90.4 Å². The Hall–Kier alpha value is -3.20. The molecule has 0 aliphatic heterocycles. The summed E-state index contributed by atoms with van der Waals surface area (Å²) in [6.07, 6.45) is 5.19. The van der Waals surface area contributed by atoms with Crippen molar-refractivity contribution >= 4 is 30.5 Å². The summed E-state index contributed by atoms with van der Waals surface area (Å²) in [6, 6.07) is 13.8. The molecule has 0 saturated carbocycles. The molecule has 0 saturated heterocycles. The number of aromatic hydroxyl groups is 1. The van der Waals surface area contributed by atoms with Crippen LogP contribution in [0.4, 0.5) is 4.79 Å². The second-order valence-corrected chi connectivity index (χ2v) is 11.2. The van der Waals surface area contributed by atoms with Gasteiger partial charge in [0.25, 0.3) is 0 Å². The summed E-state index contributed by atoms with van der Waals surface area (Å²) in [5.41, 5.74) is 0.463. The largest absolute Gasteiger partial charge is 0.508 e. The zero-order valence-corrected chi connectivity index (χ0v) is 25.1. The van der Waals surface area contributed by atoms with Crippen LogP contribution < -0.4 is 10.6 Å². The summed E-state index contributed by atoms with van der Waals surface area (Å²) < 4.78 is 5.36. The molecule has 3 N–H and O–H groups in total. The normalized spacial score (nSPS) is 12.7. The molecule has 3 amide bonds. The number of carbonyl (C=O) groups is 3. The SMILES string of the molecule is CCCCCCCCN(C(=O)C(CS)NC(=O)OC(C)(C)C)C(C(=O)NCc1ccccc1)c1ccccc1O. The number of nitrogens with one attached hydrogen (secondary N) is 2. The summed E-state index contributed by atoms with van der Waals surface area (Å²) in [5, 5.41) is 16.3. The van der Waals surface area contributed by atoms with Crippen LogP contribution in [0.3, 0.4) is 0 Å². The number of unbranched alkanes of at least 4 members (excludes halogenated alkanes) is 5. The molecule has 2 aromatic carbocycles. The molecular weight excluding hydrogens is 526 g/mol. The molecule has 0 heterocycles. The van der Waals surface area contributed by atoms with Gasteiger partial charge in [-0.3, -0.25) is 9.59 Å². The topological polar surface area (TPSA) is 108 Å². The van der Waals surface area contributed by atoms with Crippen LogP contribution in [0, 0.1) is 0 Å². The van der Waals surface area contributed by atoms with Gasteiger partial charge in [-0.2, -0.15) is 12.6 Å². The van der Waals surface area contributed by atoms with Crippen molar-refractivity contribution in [3.8, 4) is 5.75 Å². The minimum Gasteiger partial charge on any atom is -0.508 e.